The second kappa shape index (κ2) is 13.0. The largest absolute Gasteiger partial charge is 0.454 e. The summed E-state index contributed by atoms with van der Waals surface area (Å²) < 4.78 is 26.4. The molecular formula is C46H53O6. The second-order valence-electron chi connectivity index (χ2n) is 17.8. The van der Waals surface area contributed by atoms with Crippen LogP contribution in [0.3, 0.4) is 0 Å². The first-order chi connectivity index (χ1) is 25.1. The fourth-order valence-electron chi connectivity index (χ4n) is 13.0. The van der Waals surface area contributed by atoms with Crippen LogP contribution in [0.15, 0.2) is 66.7 Å². The van der Waals surface area contributed by atoms with E-state index in [0.29, 0.717) is 58.8 Å². The number of rotatable bonds is 10. The van der Waals surface area contributed by atoms with E-state index in [1.165, 1.54) is 52.4 Å². The van der Waals surface area contributed by atoms with Crippen molar-refractivity contribution < 1.29 is 28.5 Å². The van der Waals surface area contributed by atoms with Gasteiger partial charge < -0.3 is 18.9 Å². The van der Waals surface area contributed by atoms with Crippen LogP contribution in [-0.4, -0.2) is 24.5 Å². The summed E-state index contributed by atoms with van der Waals surface area (Å²) in [7, 11) is 0. The van der Waals surface area contributed by atoms with Gasteiger partial charge in [0.15, 0.2) is 0 Å². The van der Waals surface area contributed by atoms with Gasteiger partial charge in [0.05, 0.1) is 0 Å². The van der Waals surface area contributed by atoms with Gasteiger partial charge in [0.25, 0.3) is 0 Å². The molecule has 8 bridgehead atoms. The predicted octanol–water partition coefficient (Wildman–Crippen LogP) is 10.3. The van der Waals surface area contributed by atoms with E-state index in [9.17, 15) is 9.59 Å². The summed E-state index contributed by atoms with van der Waals surface area (Å²) in [6.07, 6.45) is 10.6. The van der Waals surface area contributed by atoms with Gasteiger partial charge in [-0.2, -0.15) is 0 Å². The van der Waals surface area contributed by atoms with Gasteiger partial charge in [-0.25, -0.2) is 0 Å². The molecule has 3 aromatic rings. The molecule has 52 heavy (non-hydrogen) atoms. The molecule has 0 heterocycles. The first-order valence-electron chi connectivity index (χ1n) is 20.0. The molecule has 0 amide bonds. The van der Waals surface area contributed by atoms with Crippen molar-refractivity contribution in [2.75, 3.05) is 0 Å². The third kappa shape index (κ3) is 5.65. The van der Waals surface area contributed by atoms with Crippen LogP contribution in [0.25, 0.3) is 22.3 Å². The highest BCUT2D eigenvalue weighted by molar-refractivity contribution is 5.88. The smallest absolute Gasteiger partial charge is 0.305 e. The van der Waals surface area contributed by atoms with Gasteiger partial charge in [-0.1, -0.05) is 68.4 Å². The molecular weight excluding hydrogens is 648 g/mol. The summed E-state index contributed by atoms with van der Waals surface area (Å²) in [5.41, 5.74) is 3.22. The van der Waals surface area contributed by atoms with Crippen LogP contribution in [0, 0.1) is 64.2 Å². The first kappa shape index (κ1) is 34.0. The number of hydrogen-bond acceptors (Lipinski definition) is 6. The Labute approximate surface area is 309 Å². The molecule has 0 spiro atoms. The van der Waals surface area contributed by atoms with Gasteiger partial charge in [-0.05, 0) is 135 Å². The summed E-state index contributed by atoms with van der Waals surface area (Å²) in [4.78, 5) is 25.4. The highest BCUT2D eigenvalue weighted by Gasteiger charge is 2.62. The van der Waals surface area contributed by atoms with Crippen LogP contribution in [-0.2, 0) is 19.1 Å². The maximum Gasteiger partial charge on any atom is 0.305 e. The third-order valence-corrected chi connectivity index (χ3v) is 14.9. The van der Waals surface area contributed by atoms with Crippen molar-refractivity contribution in [3.8, 4) is 33.8 Å². The van der Waals surface area contributed by atoms with Gasteiger partial charge >= 0.3 is 11.9 Å². The number of ether oxygens (including phenoxy) is 4. The van der Waals surface area contributed by atoms with Crippen LogP contribution < -0.4 is 9.47 Å². The van der Waals surface area contributed by atoms with E-state index in [0.717, 1.165) is 47.9 Å². The minimum atomic E-state index is -0.663. The number of benzene rings is 3. The Morgan fingerprint density at radius 3 is 1.50 bits per heavy atom. The fourth-order valence-corrected chi connectivity index (χ4v) is 13.0. The molecule has 8 aliphatic carbocycles. The molecule has 273 valence electrons. The molecule has 0 aliphatic heterocycles. The third-order valence-electron chi connectivity index (χ3n) is 14.9. The van der Waals surface area contributed by atoms with Gasteiger partial charge in [-0.15, -0.1) is 0 Å². The van der Waals surface area contributed by atoms with Crippen LogP contribution in [0.2, 0.25) is 0 Å². The predicted molar refractivity (Wildman–Crippen MR) is 199 cm³/mol. The van der Waals surface area contributed by atoms with Crippen molar-refractivity contribution in [2.24, 2.45) is 58.2 Å². The van der Waals surface area contributed by atoms with Crippen LogP contribution in [0.5, 0.6) is 11.5 Å². The van der Waals surface area contributed by atoms with Gasteiger partial charge in [0.1, 0.15) is 11.5 Å². The van der Waals surface area contributed by atoms with Crippen LogP contribution >= 0.6 is 0 Å². The van der Waals surface area contributed by atoms with E-state index in [1.54, 1.807) is 0 Å². The SMILES string of the molecule is CC(=O)OC(Oc1ccccc1-c1[c]cccc1-c1ccccc1OC(OC(C)=O)C12CC3CC(CC(C3)C1C)C2)C12CC3CC(CC(C3)C1C)C2. The van der Waals surface area contributed by atoms with E-state index in [4.69, 9.17) is 18.9 Å². The summed E-state index contributed by atoms with van der Waals surface area (Å²) in [5, 5.41) is 0. The van der Waals surface area contributed by atoms with E-state index < -0.39 is 12.6 Å². The molecule has 11 rings (SSSR count). The Bertz CT molecular complexity index is 1690. The Kier molecular flexibility index (Phi) is 8.47. The number of hydrogen-bond donors (Lipinski definition) is 0. The summed E-state index contributed by atoms with van der Waals surface area (Å²) in [6, 6.07) is 25.8. The molecule has 8 aliphatic rings. The average molecular weight is 702 g/mol. The number of para-hydroxylation sites is 2. The maximum atomic E-state index is 12.7. The first-order valence-corrected chi connectivity index (χ1v) is 20.0. The lowest BCUT2D eigenvalue weighted by molar-refractivity contribution is -0.235. The number of esters is 2. The van der Waals surface area contributed by atoms with E-state index >= 15 is 0 Å². The molecule has 6 nitrogen and oxygen atoms in total. The summed E-state index contributed by atoms with van der Waals surface area (Å²) in [5.74, 6) is 5.62. The topological polar surface area (TPSA) is 71.1 Å². The van der Waals surface area contributed by atoms with Gasteiger partial charge in [0, 0.05) is 41.4 Å². The minimum Gasteiger partial charge on any atom is -0.454 e. The Hall–Kier alpha value is -3.80. The average Bonchev–Trinajstić information content (AvgIpc) is 3.11. The van der Waals surface area contributed by atoms with Crippen LogP contribution in [0.1, 0.15) is 91.9 Å². The zero-order valence-electron chi connectivity index (χ0n) is 31.1. The molecule has 6 heteroatoms. The fraction of sp³-hybridized carbons (Fsp3) is 0.565. The Balaban J connectivity index is 1.08. The number of carbonyl (C=O) groups excluding carboxylic acids is 2. The molecule has 0 N–H and O–H groups in total. The van der Waals surface area contributed by atoms with Crippen molar-refractivity contribution in [3.05, 3.63) is 72.8 Å². The highest BCUT2D eigenvalue weighted by Crippen LogP contribution is 2.66. The molecule has 0 saturated heterocycles. The lowest BCUT2D eigenvalue weighted by Crippen LogP contribution is -2.59. The highest BCUT2D eigenvalue weighted by atomic mass is 16.7. The van der Waals surface area contributed by atoms with Crippen molar-refractivity contribution in [1.82, 2.24) is 0 Å². The lowest BCUT2D eigenvalue weighted by Gasteiger charge is -2.61. The maximum absolute atomic E-state index is 12.7. The summed E-state index contributed by atoms with van der Waals surface area (Å²) in [6.45, 7) is 7.73. The molecule has 8 fully saturated rings. The van der Waals surface area contributed by atoms with Crippen molar-refractivity contribution >= 4 is 11.9 Å². The van der Waals surface area contributed by atoms with E-state index in [-0.39, 0.29) is 22.8 Å². The van der Waals surface area contributed by atoms with Gasteiger partial charge in [-0.3, -0.25) is 9.59 Å². The molecule has 1 radical (unpaired) electrons. The van der Waals surface area contributed by atoms with Gasteiger partial charge in [0.2, 0.25) is 12.6 Å². The normalized spacial score (nSPS) is 36.2. The molecule has 8 atom stereocenters. The van der Waals surface area contributed by atoms with Crippen molar-refractivity contribution in [1.29, 1.82) is 0 Å². The molecule has 0 aromatic heterocycles. The zero-order valence-corrected chi connectivity index (χ0v) is 31.1. The van der Waals surface area contributed by atoms with E-state index in [1.807, 2.05) is 48.5 Å². The standard InChI is InChI=1S/C46H53O6/c1-27-35-19-31-17-32(20-35)24-45(27,23-31)43(49-29(3)47)51-41-15-9-7-13-39(41)37-11-5-6-12-38(37)40-14-8-10-16-42(40)52-44(50-30(4)48)46-25-33-18-34(26-46)22-36(21-33)28(46)2/h5-11,13-16,27-28,31-36,43-44H,17-26H2,1-4H3. The molecule has 3 aromatic carbocycles. The zero-order chi connectivity index (χ0) is 35.8. The molecule has 8 saturated carbocycles. The van der Waals surface area contributed by atoms with E-state index in [2.05, 4.69) is 38.1 Å². The van der Waals surface area contributed by atoms with Crippen LogP contribution in [0.4, 0.5) is 0 Å². The lowest BCUT2D eigenvalue weighted by atomic mass is 9.45. The minimum absolute atomic E-state index is 0.195. The molecule has 8 unspecified atom stereocenters. The second-order valence-corrected chi connectivity index (χ2v) is 17.8. The Morgan fingerprint density at radius 1 is 0.596 bits per heavy atom. The van der Waals surface area contributed by atoms with Crippen molar-refractivity contribution in [3.63, 3.8) is 0 Å². The quantitative estimate of drug-likeness (QED) is 0.155. The Morgan fingerprint density at radius 2 is 1.02 bits per heavy atom. The van der Waals surface area contributed by atoms with Crippen molar-refractivity contribution in [2.45, 2.75) is 104 Å². The summed E-state index contributed by atoms with van der Waals surface area (Å²) >= 11 is 0. The monoisotopic (exact) mass is 701 g/mol. The number of carbonyl (C=O) groups is 2.